The van der Waals surface area contributed by atoms with Crippen LogP contribution in [0.25, 0.3) is 10.8 Å². The lowest BCUT2D eigenvalue weighted by atomic mass is 10.1. The molecule has 0 spiro atoms. The highest BCUT2D eigenvalue weighted by Crippen LogP contribution is 2.24. The van der Waals surface area contributed by atoms with Crippen LogP contribution in [0.1, 0.15) is 31.2 Å². The minimum atomic E-state index is -0.276. The van der Waals surface area contributed by atoms with Crippen LogP contribution in [0, 0.1) is 0 Å². The summed E-state index contributed by atoms with van der Waals surface area (Å²) in [5.41, 5.74) is 0.577. The van der Waals surface area contributed by atoms with Gasteiger partial charge in [-0.05, 0) is 30.5 Å². The van der Waals surface area contributed by atoms with Gasteiger partial charge in [-0.25, -0.2) is 4.68 Å². The molecule has 4 rings (SSSR count). The van der Waals surface area contributed by atoms with Crippen molar-refractivity contribution in [3.05, 3.63) is 69.5 Å². The van der Waals surface area contributed by atoms with Gasteiger partial charge < -0.3 is 10.2 Å². The number of nitrogens with one attached hydrogen (secondary N) is 1. The second-order valence-corrected chi connectivity index (χ2v) is 8.01. The van der Waals surface area contributed by atoms with Crippen molar-refractivity contribution in [2.45, 2.75) is 38.8 Å². The second kappa shape index (κ2) is 9.30. The Labute approximate surface area is 180 Å². The van der Waals surface area contributed by atoms with Crippen LogP contribution in [0.3, 0.4) is 0 Å². The van der Waals surface area contributed by atoms with E-state index >= 15 is 0 Å². The molecule has 2 aromatic carbocycles. The molecular formula is C23H25ClN4O2. The molecule has 156 valence electrons. The molecule has 1 aliphatic heterocycles. The molecule has 0 atom stereocenters. The molecule has 0 aliphatic carbocycles. The molecule has 0 unspecified atom stereocenters. The highest BCUT2D eigenvalue weighted by molar-refractivity contribution is 6.31. The SMILES string of the molecule is O=C(Cn1nc(N2CCCCCC2)c2ccccc2c1=O)NCc1ccccc1Cl. The van der Waals surface area contributed by atoms with Crippen molar-refractivity contribution in [2.75, 3.05) is 18.0 Å². The summed E-state index contributed by atoms with van der Waals surface area (Å²) < 4.78 is 1.28. The summed E-state index contributed by atoms with van der Waals surface area (Å²) in [6.45, 7) is 2.00. The lowest BCUT2D eigenvalue weighted by molar-refractivity contribution is -0.122. The molecule has 1 fully saturated rings. The highest BCUT2D eigenvalue weighted by atomic mass is 35.5. The van der Waals surface area contributed by atoms with Gasteiger partial charge in [0, 0.05) is 30.0 Å². The van der Waals surface area contributed by atoms with Crippen LogP contribution >= 0.6 is 11.6 Å². The largest absolute Gasteiger partial charge is 0.355 e. The van der Waals surface area contributed by atoms with Gasteiger partial charge in [0.1, 0.15) is 6.54 Å². The number of fused-ring (bicyclic) bond motifs is 1. The Bertz CT molecular complexity index is 1100. The van der Waals surface area contributed by atoms with Crippen LogP contribution in [-0.2, 0) is 17.9 Å². The molecule has 1 aliphatic rings. The standard InChI is InChI=1S/C23H25ClN4O2/c24-20-12-6-3-9-17(20)15-25-21(29)16-28-23(30)19-11-5-4-10-18(19)22(26-28)27-13-7-1-2-8-14-27/h3-6,9-12H,1-2,7-8,13-16H2,(H,25,29). The Kier molecular flexibility index (Phi) is 6.33. The van der Waals surface area contributed by atoms with E-state index in [4.69, 9.17) is 11.6 Å². The molecule has 1 saturated heterocycles. The number of aromatic nitrogens is 2. The van der Waals surface area contributed by atoms with E-state index in [2.05, 4.69) is 15.3 Å². The summed E-state index contributed by atoms with van der Waals surface area (Å²) in [6.07, 6.45) is 4.62. The smallest absolute Gasteiger partial charge is 0.275 e. The van der Waals surface area contributed by atoms with Gasteiger partial charge in [0.15, 0.2) is 5.82 Å². The molecule has 7 heteroatoms. The Morgan fingerprint density at radius 3 is 2.37 bits per heavy atom. The number of amides is 1. The zero-order valence-electron chi connectivity index (χ0n) is 16.8. The summed E-state index contributed by atoms with van der Waals surface area (Å²) in [7, 11) is 0. The lowest BCUT2D eigenvalue weighted by Gasteiger charge is -2.23. The van der Waals surface area contributed by atoms with Gasteiger partial charge in [0.2, 0.25) is 5.91 Å². The van der Waals surface area contributed by atoms with Crippen LogP contribution in [0.5, 0.6) is 0 Å². The van der Waals surface area contributed by atoms with Gasteiger partial charge in [0.25, 0.3) is 5.56 Å². The summed E-state index contributed by atoms with van der Waals surface area (Å²) in [6, 6.07) is 14.9. The number of carbonyl (C=O) groups excluding carboxylic acids is 1. The fourth-order valence-corrected chi connectivity index (χ4v) is 4.07. The van der Waals surface area contributed by atoms with E-state index in [0.717, 1.165) is 42.7 Å². The Balaban J connectivity index is 1.60. The van der Waals surface area contributed by atoms with E-state index in [9.17, 15) is 9.59 Å². The third-order valence-corrected chi connectivity index (χ3v) is 5.85. The van der Waals surface area contributed by atoms with Crippen molar-refractivity contribution in [3.8, 4) is 0 Å². The van der Waals surface area contributed by atoms with E-state index in [-0.39, 0.29) is 18.0 Å². The summed E-state index contributed by atoms with van der Waals surface area (Å²) >= 11 is 6.15. The van der Waals surface area contributed by atoms with E-state index in [0.29, 0.717) is 17.0 Å². The topological polar surface area (TPSA) is 67.2 Å². The number of rotatable bonds is 5. The normalized spacial score (nSPS) is 14.5. The molecule has 3 aromatic rings. The first-order chi connectivity index (χ1) is 14.6. The maximum atomic E-state index is 13.0. The Morgan fingerprint density at radius 2 is 1.63 bits per heavy atom. The van der Waals surface area contributed by atoms with E-state index < -0.39 is 0 Å². The predicted molar refractivity (Wildman–Crippen MR) is 120 cm³/mol. The van der Waals surface area contributed by atoms with E-state index in [1.165, 1.54) is 17.5 Å². The number of halogens is 1. The van der Waals surface area contributed by atoms with Crippen molar-refractivity contribution in [1.29, 1.82) is 0 Å². The maximum Gasteiger partial charge on any atom is 0.275 e. The number of hydrogen-bond acceptors (Lipinski definition) is 4. The van der Waals surface area contributed by atoms with Gasteiger partial charge in [0.05, 0.1) is 5.39 Å². The maximum absolute atomic E-state index is 13.0. The lowest BCUT2D eigenvalue weighted by Crippen LogP contribution is -2.35. The van der Waals surface area contributed by atoms with Gasteiger partial charge >= 0.3 is 0 Å². The first kappa shape index (κ1) is 20.4. The molecular weight excluding hydrogens is 400 g/mol. The predicted octanol–water partition coefficient (Wildman–Crippen LogP) is 3.75. The summed E-state index contributed by atoms with van der Waals surface area (Å²) in [5, 5.41) is 9.49. The molecule has 6 nitrogen and oxygen atoms in total. The fourth-order valence-electron chi connectivity index (χ4n) is 3.87. The highest BCUT2D eigenvalue weighted by Gasteiger charge is 2.18. The molecule has 0 radical (unpaired) electrons. The number of benzene rings is 2. The van der Waals surface area contributed by atoms with E-state index in [1.54, 1.807) is 12.1 Å². The van der Waals surface area contributed by atoms with Crippen LogP contribution < -0.4 is 15.8 Å². The monoisotopic (exact) mass is 424 g/mol. The number of nitrogens with zero attached hydrogens (tertiary/aromatic N) is 3. The van der Waals surface area contributed by atoms with Crippen LogP contribution in [0.2, 0.25) is 5.02 Å². The minimum Gasteiger partial charge on any atom is -0.355 e. The fraction of sp³-hybridized carbons (Fsp3) is 0.348. The van der Waals surface area contributed by atoms with Crippen LogP contribution in [-0.4, -0.2) is 28.8 Å². The molecule has 2 heterocycles. The number of hydrogen-bond donors (Lipinski definition) is 1. The number of anilines is 1. The van der Waals surface area contributed by atoms with Crippen molar-refractivity contribution >= 4 is 34.1 Å². The Hall–Kier alpha value is -2.86. The molecule has 1 aromatic heterocycles. The molecule has 30 heavy (non-hydrogen) atoms. The third-order valence-electron chi connectivity index (χ3n) is 5.48. The average Bonchev–Trinajstić information content (AvgIpc) is 3.05. The van der Waals surface area contributed by atoms with Crippen molar-refractivity contribution in [3.63, 3.8) is 0 Å². The molecule has 1 N–H and O–H groups in total. The minimum absolute atomic E-state index is 0.130. The number of carbonyl (C=O) groups is 1. The van der Waals surface area contributed by atoms with Gasteiger partial charge in [-0.3, -0.25) is 9.59 Å². The molecule has 0 bridgehead atoms. The summed E-state index contributed by atoms with van der Waals surface area (Å²) in [4.78, 5) is 27.8. The van der Waals surface area contributed by atoms with E-state index in [1.807, 2.05) is 36.4 Å². The summed E-state index contributed by atoms with van der Waals surface area (Å²) in [5.74, 6) is 0.507. The van der Waals surface area contributed by atoms with Crippen molar-refractivity contribution in [1.82, 2.24) is 15.1 Å². The van der Waals surface area contributed by atoms with Gasteiger partial charge in [-0.15, -0.1) is 0 Å². The first-order valence-electron chi connectivity index (χ1n) is 10.4. The van der Waals surface area contributed by atoms with Crippen molar-refractivity contribution < 1.29 is 4.79 Å². The first-order valence-corrected chi connectivity index (χ1v) is 10.8. The van der Waals surface area contributed by atoms with Crippen molar-refractivity contribution in [2.24, 2.45) is 0 Å². The third kappa shape index (κ3) is 4.49. The Morgan fingerprint density at radius 1 is 0.967 bits per heavy atom. The zero-order chi connectivity index (χ0) is 20.9. The average molecular weight is 425 g/mol. The van der Waals surface area contributed by atoms with Crippen LogP contribution in [0.15, 0.2) is 53.3 Å². The second-order valence-electron chi connectivity index (χ2n) is 7.60. The molecule has 1 amide bonds. The quantitative estimate of drug-likeness (QED) is 0.677. The van der Waals surface area contributed by atoms with Crippen LogP contribution in [0.4, 0.5) is 5.82 Å². The molecule has 0 saturated carbocycles. The zero-order valence-corrected chi connectivity index (χ0v) is 17.6. The van der Waals surface area contributed by atoms with Gasteiger partial charge in [-0.2, -0.15) is 5.10 Å². The van der Waals surface area contributed by atoms with Gasteiger partial charge in [-0.1, -0.05) is 60.8 Å².